The van der Waals surface area contributed by atoms with E-state index in [4.69, 9.17) is 0 Å². The van der Waals surface area contributed by atoms with Gasteiger partial charge in [-0.2, -0.15) is 10.2 Å². The molecule has 1 heterocycles. The first-order valence-corrected chi connectivity index (χ1v) is 4.54. The number of nitrogens with one attached hydrogen (secondary N) is 2. The summed E-state index contributed by atoms with van der Waals surface area (Å²) in [5, 5.41) is 13.9. The molecule has 4 heteroatoms. The van der Waals surface area contributed by atoms with Crippen LogP contribution in [0.15, 0.2) is 18.5 Å². The van der Waals surface area contributed by atoms with Gasteiger partial charge in [-0.25, -0.2) is 0 Å². The highest BCUT2D eigenvalue weighted by atomic mass is 15.1. The smallest absolute Gasteiger partial charge is 0.0541 e. The molecule has 0 spiro atoms. The number of nitrogens with zero attached hydrogens (tertiary/aromatic N) is 2. The minimum absolute atomic E-state index is 0.874. The zero-order valence-electron chi connectivity index (χ0n) is 7.95. The van der Waals surface area contributed by atoms with Crippen molar-refractivity contribution in [3.63, 3.8) is 0 Å². The van der Waals surface area contributed by atoms with Crippen LogP contribution in [-0.2, 0) is 6.54 Å². The highest BCUT2D eigenvalue weighted by molar-refractivity contribution is 5.04. The summed E-state index contributed by atoms with van der Waals surface area (Å²) in [6, 6.07) is 1.97. The van der Waals surface area contributed by atoms with E-state index in [-0.39, 0.29) is 0 Å². The molecule has 0 aromatic carbocycles. The Hall–Kier alpha value is -1.00. The topological polar surface area (TPSA) is 49.8 Å². The molecule has 1 rings (SSSR count). The van der Waals surface area contributed by atoms with Gasteiger partial charge >= 0.3 is 0 Å². The van der Waals surface area contributed by atoms with Crippen LogP contribution in [0.25, 0.3) is 0 Å². The van der Waals surface area contributed by atoms with Crippen LogP contribution >= 0.6 is 0 Å². The Balaban J connectivity index is 2.07. The van der Waals surface area contributed by atoms with Crippen molar-refractivity contribution in [3.05, 3.63) is 24.0 Å². The molecular formula is C9H16N4. The van der Waals surface area contributed by atoms with E-state index in [9.17, 15) is 0 Å². The summed E-state index contributed by atoms with van der Waals surface area (Å²) < 4.78 is 0. The maximum absolute atomic E-state index is 3.80. The molecule has 1 aromatic heterocycles. The third-order valence-electron chi connectivity index (χ3n) is 1.75. The Morgan fingerprint density at radius 1 is 1.31 bits per heavy atom. The maximum atomic E-state index is 3.80. The van der Waals surface area contributed by atoms with Gasteiger partial charge in [-0.15, -0.1) is 0 Å². The van der Waals surface area contributed by atoms with Crippen LogP contribution in [0, 0.1) is 0 Å². The molecule has 0 aliphatic carbocycles. The van der Waals surface area contributed by atoms with Gasteiger partial charge in [0.05, 0.1) is 6.20 Å². The minimum atomic E-state index is 0.874. The van der Waals surface area contributed by atoms with Crippen LogP contribution in [0.4, 0.5) is 0 Å². The largest absolute Gasteiger partial charge is 0.320 e. The average Bonchev–Trinajstić information content (AvgIpc) is 2.19. The summed E-state index contributed by atoms with van der Waals surface area (Å²) in [5.74, 6) is 0. The van der Waals surface area contributed by atoms with Gasteiger partial charge in [-0.05, 0) is 38.2 Å². The van der Waals surface area contributed by atoms with E-state index in [0.29, 0.717) is 0 Å². The van der Waals surface area contributed by atoms with Crippen molar-refractivity contribution < 1.29 is 0 Å². The van der Waals surface area contributed by atoms with E-state index in [1.807, 2.05) is 13.1 Å². The van der Waals surface area contributed by atoms with Crippen LogP contribution in [0.1, 0.15) is 12.0 Å². The Labute approximate surface area is 78.8 Å². The molecule has 0 aliphatic heterocycles. The van der Waals surface area contributed by atoms with Crippen molar-refractivity contribution in [1.29, 1.82) is 0 Å². The van der Waals surface area contributed by atoms with Gasteiger partial charge in [-0.1, -0.05) is 0 Å². The molecule has 72 valence electrons. The van der Waals surface area contributed by atoms with Crippen LogP contribution in [-0.4, -0.2) is 30.3 Å². The molecule has 0 unspecified atom stereocenters. The molecule has 2 N–H and O–H groups in total. The van der Waals surface area contributed by atoms with Crippen molar-refractivity contribution in [2.75, 3.05) is 20.1 Å². The number of hydrogen-bond acceptors (Lipinski definition) is 4. The molecule has 0 bridgehead atoms. The lowest BCUT2D eigenvalue weighted by Gasteiger charge is -2.03. The van der Waals surface area contributed by atoms with Gasteiger partial charge in [0.15, 0.2) is 0 Å². The second-order valence-corrected chi connectivity index (χ2v) is 2.88. The lowest BCUT2D eigenvalue weighted by Crippen LogP contribution is -2.19. The molecule has 1 aromatic rings. The Morgan fingerprint density at radius 2 is 2.23 bits per heavy atom. The van der Waals surface area contributed by atoms with Gasteiger partial charge in [-0.3, -0.25) is 0 Å². The van der Waals surface area contributed by atoms with E-state index < -0.39 is 0 Å². The van der Waals surface area contributed by atoms with Crippen molar-refractivity contribution in [1.82, 2.24) is 20.8 Å². The van der Waals surface area contributed by atoms with Gasteiger partial charge < -0.3 is 10.6 Å². The van der Waals surface area contributed by atoms with Crippen LogP contribution in [0.5, 0.6) is 0 Å². The fourth-order valence-electron chi connectivity index (χ4n) is 1.05. The summed E-state index contributed by atoms with van der Waals surface area (Å²) >= 11 is 0. The maximum Gasteiger partial charge on any atom is 0.0541 e. The quantitative estimate of drug-likeness (QED) is 0.613. The zero-order chi connectivity index (χ0) is 9.36. The minimum Gasteiger partial charge on any atom is -0.320 e. The van der Waals surface area contributed by atoms with E-state index in [2.05, 4.69) is 20.8 Å². The molecule has 4 nitrogen and oxygen atoms in total. The van der Waals surface area contributed by atoms with E-state index in [1.165, 1.54) is 5.56 Å². The standard InChI is InChI=1S/C9H16N4/c1-10-4-2-5-11-7-9-3-6-12-13-8-9/h3,6,8,10-11H,2,4-5,7H2,1H3. The van der Waals surface area contributed by atoms with Crippen LogP contribution in [0.2, 0.25) is 0 Å². The summed E-state index contributed by atoms with van der Waals surface area (Å²) in [6.07, 6.45) is 4.64. The van der Waals surface area contributed by atoms with Gasteiger partial charge in [0, 0.05) is 12.7 Å². The fraction of sp³-hybridized carbons (Fsp3) is 0.556. The Kier molecular flexibility index (Phi) is 5.05. The molecule has 13 heavy (non-hydrogen) atoms. The van der Waals surface area contributed by atoms with Crippen molar-refractivity contribution in [2.24, 2.45) is 0 Å². The molecule has 0 saturated heterocycles. The Bertz CT molecular complexity index is 212. The first-order chi connectivity index (χ1) is 6.43. The summed E-state index contributed by atoms with van der Waals surface area (Å²) in [7, 11) is 1.97. The predicted octanol–water partition coefficient (Wildman–Crippen LogP) is 0.176. The van der Waals surface area contributed by atoms with E-state index in [0.717, 1.165) is 26.1 Å². The van der Waals surface area contributed by atoms with Crippen LogP contribution < -0.4 is 10.6 Å². The third kappa shape index (κ3) is 4.55. The molecule has 0 aliphatic rings. The zero-order valence-corrected chi connectivity index (χ0v) is 7.95. The van der Waals surface area contributed by atoms with Crippen LogP contribution in [0.3, 0.4) is 0 Å². The van der Waals surface area contributed by atoms with E-state index in [1.54, 1.807) is 12.4 Å². The van der Waals surface area contributed by atoms with Crippen molar-refractivity contribution >= 4 is 0 Å². The molecule has 0 fully saturated rings. The van der Waals surface area contributed by atoms with E-state index >= 15 is 0 Å². The average molecular weight is 180 g/mol. The second kappa shape index (κ2) is 6.51. The SMILES string of the molecule is CNCCCNCc1ccnnc1. The third-order valence-corrected chi connectivity index (χ3v) is 1.75. The van der Waals surface area contributed by atoms with Crippen molar-refractivity contribution in [2.45, 2.75) is 13.0 Å². The fourth-order valence-corrected chi connectivity index (χ4v) is 1.05. The molecule has 0 atom stereocenters. The van der Waals surface area contributed by atoms with Gasteiger partial charge in [0.25, 0.3) is 0 Å². The first kappa shape index (κ1) is 10.1. The number of hydrogen-bond donors (Lipinski definition) is 2. The number of rotatable bonds is 6. The van der Waals surface area contributed by atoms with Crippen molar-refractivity contribution in [3.8, 4) is 0 Å². The first-order valence-electron chi connectivity index (χ1n) is 4.54. The molecule has 0 radical (unpaired) electrons. The second-order valence-electron chi connectivity index (χ2n) is 2.88. The molecule has 0 amide bonds. The highest BCUT2D eigenvalue weighted by Crippen LogP contribution is 1.91. The molecule has 0 saturated carbocycles. The van der Waals surface area contributed by atoms with Gasteiger partial charge in [0.1, 0.15) is 0 Å². The summed E-state index contributed by atoms with van der Waals surface area (Å²) in [4.78, 5) is 0. The van der Waals surface area contributed by atoms with Gasteiger partial charge in [0.2, 0.25) is 0 Å². The molecular weight excluding hydrogens is 164 g/mol. The summed E-state index contributed by atoms with van der Waals surface area (Å²) in [6.45, 7) is 2.96. The highest BCUT2D eigenvalue weighted by Gasteiger charge is 1.90. The normalized spacial score (nSPS) is 10.2. The lowest BCUT2D eigenvalue weighted by atomic mass is 10.3. The summed E-state index contributed by atoms with van der Waals surface area (Å²) in [5.41, 5.74) is 1.18. The number of aromatic nitrogens is 2. The Morgan fingerprint density at radius 3 is 2.92 bits per heavy atom. The predicted molar refractivity (Wildman–Crippen MR) is 52.3 cm³/mol. The lowest BCUT2D eigenvalue weighted by molar-refractivity contribution is 0.623. The monoisotopic (exact) mass is 180 g/mol.